The molecule has 0 aromatic carbocycles. The van der Waals surface area contributed by atoms with Gasteiger partial charge in [-0.25, -0.2) is 4.79 Å². The molecule has 2 fully saturated rings. The normalized spacial score (nSPS) is 26.2. The Hall–Kier alpha value is -2.11. The highest BCUT2D eigenvalue weighted by molar-refractivity contribution is 5.91. The maximum Gasteiger partial charge on any atom is 0.338 e. The minimum Gasteiger partial charge on any atom is -0.452 e. The van der Waals surface area contributed by atoms with Crippen molar-refractivity contribution in [3.63, 3.8) is 0 Å². The van der Waals surface area contributed by atoms with Crippen LogP contribution in [0.15, 0.2) is 23.1 Å². The summed E-state index contributed by atoms with van der Waals surface area (Å²) in [6.07, 6.45) is 6.59. The molecule has 1 aromatic heterocycles. The number of hydrogen-bond acceptors (Lipinski definition) is 4. The topological polar surface area (TPSA) is 77.4 Å². The number of rotatable bonds is 5. The number of carbonyl (C=O) groups is 2. The van der Waals surface area contributed by atoms with E-state index in [0.717, 1.165) is 11.8 Å². The van der Waals surface area contributed by atoms with Gasteiger partial charge in [-0.1, -0.05) is 6.42 Å². The zero-order valence-electron chi connectivity index (χ0n) is 14.2. The Morgan fingerprint density at radius 2 is 2.17 bits per heavy atom. The molecule has 4 unspecified atom stereocenters. The van der Waals surface area contributed by atoms with Crippen LogP contribution in [0.2, 0.25) is 0 Å². The lowest BCUT2D eigenvalue weighted by Gasteiger charge is -2.28. The first-order chi connectivity index (χ1) is 11.4. The molecule has 2 aliphatic carbocycles. The van der Waals surface area contributed by atoms with Crippen molar-refractivity contribution in [3.8, 4) is 0 Å². The summed E-state index contributed by atoms with van der Waals surface area (Å²) in [4.78, 5) is 35.4. The Morgan fingerprint density at radius 1 is 1.38 bits per heavy atom. The van der Waals surface area contributed by atoms with Gasteiger partial charge in [0.05, 0.1) is 5.56 Å². The summed E-state index contributed by atoms with van der Waals surface area (Å²) in [5.41, 5.74) is -0.133. The molecule has 24 heavy (non-hydrogen) atoms. The van der Waals surface area contributed by atoms with Gasteiger partial charge in [0.2, 0.25) is 0 Å². The largest absolute Gasteiger partial charge is 0.452 e. The Balaban J connectivity index is 1.47. The fourth-order valence-corrected chi connectivity index (χ4v) is 4.20. The smallest absolute Gasteiger partial charge is 0.338 e. The van der Waals surface area contributed by atoms with Crippen LogP contribution < -0.4 is 10.9 Å². The first kappa shape index (κ1) is 16.7. The number of fused-ring (bicyclic) bond motifs is 2. The van der Waals surface area contributed by atoms with Gasteiger partial charge in [0.25, 0.3) is 11.5 Å². The third-order valence-corrected chi connectivity index (χ3v) is 5.50. The molecule has 6 heteroatoms. The van der Waals surface area contributed by atoms with Gasteiger partial charge in [0.15, 0.2) is 6.61 Å². The summed E-state index contributed by atoms with van der Waals surface area (Å²) in [5, 5.41) is 2.95. The van der Waals surface area contributed by atoms with Gasteiger partial charge in [-0.2, -0.15) is 0 Å². The molecular formula is C18H24N2O4. The van der Waals surface area contributed by atoms with E-state index in [1.807, 2.05) is 6.92 Å². The molecule has 4 atom stereocenters. The van der Waals surface area contributed by atoms with Crippen LogP contribution in [0.25, 0.3) is 0 Å². The summed E-state index contributed by atoms with van der Waals surface area (Å²) in [7, 11) is 1.60. The van der Waals surface area contributed by atoms with Gasteiger partial charge in [0, 0.05) is 25.4 Å². The van der Waals surface area contributed by atoms with Crippen molar-refractivity contribution < 1.29 is 14.3 Å². The first-order valence-electron chi connectivity index (χ1n) is 8.57. The molecule has 1 aromatic rings. The lowest BCUT2D eigenvalue weighted by molar-refractivity contribution is -0.125. The predicted molar refractivity (Wildman–Crippen MR) is 88.5 cm³/mol. The van der Waals surface area contributed by atoms with Crippen molar-refractivity contribution >= 4 is 11.9 Å². The minimum atomic E-state index is -0.657. The standard InChI is InChI=1S/C18H24N2O4/c1-11(15-8-12-3-4-13(15)7-12)19-16(21)10-24-18(23)14-5-6-20(2)17(22)9-14/h5-6,9,11-13,15H,3-4,7-8,10H2,1-2H3,(H,19,21). The van der Waals surface area contributed by atoms with Crippen LogP contribution in [0, 0.1) is 17.8 Å². The number of aromatic nitrogens is 1. The van der Waals surface area contributed by atoms with Crippen LogP contribution in [-0.4, -0.2) is 29.1 Å². The number of nitrogens with one attached hydrogen (secondary N) is 1. The lowest BCUT2D eigenvalue weighted by atomic mass is 9.84. The molecule has 0 spiro atoms. The average molecular weight is 332 g/mol. The molecule has 3 rings (SSSR count). The maximum absolute atomic E-state index is 12.0. The second kappa shape index (κ2) is 6.79. The summed E-state index contributed by atoms with van der Waals surface area (Å²) in [6, 6.07) is 2.81. The van der Waals surface area contributed by atoms with Gasteiger partial charge in [-0.3, -0.25) is 9.59 Å². The number of nitrogens with zero attached hydrogens (tertiary/aromatic N) is 1. The van der Waals surface area contributed by atoms with Crippen LogP contribution in [0.1, 0.15) is 43.0 Å². The van der Waals surface area contributed by atoms with Gasteiger partial charge in [-0.05, 0) is 50.0 Å². The molecule has 0 aliphatic heterocycles. The zero-order valence-corrected chi connectivity index (χ0v) is 14.2. The molecule has 2 bridgehead atoms. The Morgan fingerprint density at radius 3 is 2.79 bits per heavy atom. The second-order valence-electron chi connectivity index (χ2n) is 7.14. The average Bonchev–Trinajstić information content (AvgIpc) is 3.18. The first-order valence-corrected chi connectivity index (χ1v) is 8.57. The quantitative estimate of drug-likeness (QED) is 0.829. The van der Waals surface area contributed by atoms with E-state index >= 15 is 0 Å². The molecular weight excluding hydrogens is 308 g/mol. The van der Waals surface area contributed by atoms with Crippen LogP contribution in [-0.2, 0) is 16.6 Å². The minimum absolute atomic E-state index is 0.107. The van der Waals surface area contributed by atoms with Crippen LogP contribution in [0.5, 0.6) is 0 Å². The molecule has 130 valence electrons. The monoisotopic (exact) mass is 332 g/mol. The summed E-state index contributed by atoms with van der Waals surface area (Å²) in [6.45, 7) is 1.71. The SMILES string of the molecule is CC(NC(=O)COC(=O)c1ccn(C)c(=O)c1)C1CC2CCC1C2. The number of pyridine rings is 1. The molecule has 0 radical (unpaired) electrons. The number of ether oxygens (including phenoxy) is 1. The Kier molecular flexibility index (Phi) is 4.73. The van der Waals surface area contributed by atoms with Gasteiger partial charge in [0.1, 0.15) is 0 Å². The fraction of sp³-hybridized carbons (Fsp3) is 0.611. The van der Waals surface area contributed by atoms with Crippen molar-refractivity contribution in [1.82, 2.24) is 9.88 Å². The zero-order chi connectivity index (χ0) is 17.3. The summed E-state index contributed by atoms with van der Waals surface area (Å²) in [5.74, 6) is 1.16. The molecule has 0 saturated heterocycles. The van der Waals surface area contributed by atoms with Crippen molar-refractivity contribution in [2.75, 3.05) is 6.61 Å². The molecule has 2 saturated carbocycles. The number of esters is 1. The third kappa shape index (κ3) is 3.52. The second-order valence-corrected chi connectivity index (χ2v) is 7.14. The van der Waals surface area contributed by atoms with Crippen LogP contribution in [0.3, 0.4) is 0 Å². The number of hydrogen-bond donors (Lipinski definition) is 1. The predicted octanol–water partition coefficient (Wildman–Crippen LogP) is 1.48. The van der Waals surface area contributed by atoms with E-state index in [2.05, 4.69) is 5.32 Å². The van der Waals surface area contributed by atoms with E-state index < -0.39 is 5.97 Å². The van der Waals surface area contributed by atoms with Gasteiger partial charge in [-0.15, -0.1) is 0 Å². The van der Waals surface area contributed by atoms with Crippen LogP contribution in [0.4, 0.5) is 0 Å². The van der Waals surface area contributed by atoms with Gasteiger partial charge < -0.3 is 14.6 Å². The summed E-state index contributed by atoms with van der Waals surface area (Å²) >= 11 is 0. The van der Waals surface area contributed by atoms with E-state index in [9.17, 15) is 14.4 Å². The Bertz CT molecular complexity index is 697. The van der Waals surface area contributed by atoms with E-state index in [4.69, 9.17) is 4.74 Å². The maximum atomic E-state index is 12.0. The summed E-state index contributed by atoms with van der Waals surface area (Å²) < 4.78 is 6.37. The van der Waals surface area contributed by atoms with Crippen molar-refractivity contribution in [3.05, 3.63) is 34.2 Å². The van der Waals surface area contributed by atoms with E-state index in [1.54, 1.807) is 7.05 Å². The van der Waals surface area contributed by atoms with Gasteiger partial charge >= 0.3 is 5.97 Å². The van der Waals surface area contributed by atoms with Crippen LogP contribution >= 0.6 is 0 Å². The Labute approximate surface area is 141 Å². The van der Waals surface area contributed by atoms with Crippen molar-refractivity contribution in [1.29, 1.82) is 0 Å². The number of aryl methyl sites for hydroxylation is 1. The number of amides is 1. The molecule has 1 N–H and O–H groups in total. The third-order valence-electron chi connectivity index (χ3n) is 5.50. The molecule has 2 aliphatic rings. The lowest BCUT2D eigenvalue weighted by Crippen LogP contribution is -2.42. The molecule has 6 nitrogen and oxygen atoms in total. The highest BCUT2D eigenvalue weighted by Crippen LogP contribution is 2.49. The van der Waals surface area contributed by atoms with Crippen molar-refractivity contribution in [2.24, 2.45) is 24.8 Å². The van der Waals surface area contributed by atoms with E-state index in [-0.39, 0.29) is 29.7 Å². The van der Waals surface area contributed by atoms with E-state index in [0.29, 0.717) is 5.92 Å². The van der Waals surface area contributed by atoms with Crippen molar-refractivity contribution in [2.45, 2.75) is 38.6 Å². The number of carbonyl (C=O) groups excluding carboxylic acids is 2. The molecule has 1 heterocycles. The van der Waals surface area contributed by atoms with E-state index in [1.165, 1.54) is 48.6 Å². The fourth-order valence-electron chi connectivity index (χ4n) is 4.20. The highest BCUT2D eigenvalue weighted by Gasteiger charge is 2.42. The highest BCUT2D eigenvalue weighted by atomic mass is 16.5. The molecule has 1 amide bonds.